The van der Waals surface area contributed by atoms with Gasteiger partial charge in [0.05, 0.1) is 12.5 Å². The number of nitrogens with one attached hydrogen (secondary N) is 1. The Morgan fingerprint density at radius 2 is 1.70 bits per heavy atom. The summed E-state index contributed by atoms with van der Waals surface area (Å²) in [6, 6.07) is 17.4. The summed E-state index contributed by atoms with van der Waals surface area (Å²) >= 11 is 0. The summed E-state index contributed by atoms with van der Waals surface area (Å²) in [7, 11) is 0. The van der Waals surface area contributed by atoms with Crippen LogP contribution in [0.25, 0.3) is 0 Å². The fraction of sp³-hybridized carbons (Fsp3) is 0.440. The first-order valence-electron chi connectivity index (χ1n) is 11.0. The molecule has 2 aromatic rings. The number of ether oxygens (including phenoxy) is 1. The highest BCUT2D eigenvalue weighted by atomic mass is 16.5. The third-order valence-electron chi connectivity index (χ3n) is 5.64. The van der Waals surface area contributed by atoms with Gasteiger partial charge in [-0.3, -0.25) is 9.59 Å². The smallest absolute Gasteiger partial charge is 0.253 e. The van der Waals surface area contributed by atoms with Crippen LogP contribution in [0.2, 0.25) is 0 Å². The molecule has 1 atom stereocenters. The fourth-order valence-corrected chi connectivity index (χ4v) is 3.99. The predicted octanol–water partition coefficient (Wildman–Crippen LogP) is 4.39. The van der Waals surface area contributed by atoms with E-state index in [1.54, 1.807) is 0 Å². The second-order valence-electron chi connectivity index (χ2n) is 7.78. The van der Waals surface area contributed by atoms with Crippen LogP contribution in [0.3, 0.4) is 0 Å². The molecule has 2 amide bonds. The number of carbonyl (C=O) groups excluding carboxylic acids is 2. The van der Waals surface area contributed by atoms with E-state index in [1.807, 2.05) is 66.4 Å². The van der Waals surface area contributed by atoms with Crippen LogP contribution >= 0.6 is 0 Å². The van der Waals surface area contributed by atoms with Crippen molar-refractivity contribution in [2.75, 3.05) is 19.7 Å². The minimum absolute atomic E-state index is 0.0379. The van der Waals surface area contributed by atoms with Crippen molar-refractivity contribution in [2.45, 2.75) is 51.5 Å². The molecule has 0 aliphatic carbocycles. The Kier molecular flexibility index (Phi) is 7.89. The van der Waals surface area contributed by atoms with Crippen molar-refractivity contribution in [2.24, 2.45) is 0 Å². The summed E-state index contributed by atoms with van der Waals surface area (Å²) in [6.07, 6.45) is 3.36. The van der Waals surface area contributed by atoms with Gasteiger partial charge in [-0.2, -0.15) is 0 Å². The average Bonchev–Trinajstić information content (AvgIpc) is 2.79. The van der Waals surface area contributed by atoms with Gasteiger partial charge < -0.3 is 15.0 Å². The zero-order valence-electron chi connectivity index (χ0n) is 18.0. The molecule has 1 aliphatic heterocycles. The van der Waals surface area contributed by atoms with E-state index >= 15 is 0 Å². The molecule has 0 saturated carbocycles. The van der Waals surface area contributed by atoms with Gasteiger partial charge in [-0.15, -0.1) is 0 Å². The van der Waals surface area contributed by atoms with E-state index in [0.29, 0.717) is 25.3 Å². The highest BCUT2D eigenvalue weighted by molar-refractivity contribution is 5.94. The number of benzene rings is 2. The number of rotatable bonds is 8. The van der Waals surface area contributed by atoms with Gasteiger partial charge in [-0.05, 0) is 56.0 Å². The third-order valence-corrected chi connectivity index (χ3v) is 5.64. The topological polar surface area (TPSA) is 58.6 Å². The Labute approximate surface area is 179 Å². The first kappa shape index (κ1) is 21.9. The maximum atomic E-state index is 12.9. The Bertz CT molecular complexity index is 812. The summed E-state index contributed by atoms with van der Waals surface area (Å²) in [5.74, 6) is 0.797. The van der Waals surface area contributed by atoms with E-state index in [9.17, 15) is 9.59 Å². The van der Waals surface area contributed by atoms with Crippen LogP contribution in [0.4, 0.5) is 0 Å². The van der Waals surface area contributed by atoms with Crippen molar-refractivity contribution < 1.29 is 14.3 Å². The van der Waals surface area contributed by atoms with Gasteiger partial charge in [-0.25, -0.2) is 0 Å². The number of hydrogen-bond acceptors (Lipinski definition) is 3. The van der Waals surface area contributed by atoms with E-state index in [1.165, 1.54) is 0 Å². The van der Waals surface area contributed by atoms with E-state index in [4.69, 9.17) is 4.74 Å². The normalized spacial score (nSPS) is 15.5. The lowest BCUT2D eigenvalue weighted by Crippen LogP contribution is -2.47. The summed E-state index contributed by atoms with van der Waals surface area (Å²) in [5.41, 5.74) is 1.74. The summed E-state index contributed by atoms with van der Waals surface area (Å²) < 4.78 is 5.44. The second kappa shape index (κ2) is 10.8. The quantitative estimate of drug-likeness (QED) is 0.705. The van der Waals surface area contributed by atoms with Gasteiger partial charge in [0.25, 0.3) is 5.91 Å². The molecule has 0 bridgehead atoms. The minimum atomic E-state index is -0.111. The van der Waals surface area contributed by atoms with Crippen LogP contribution in [0.15, 0.2) is 54.6 Å². The molecule has 2 aromatic carbocycles. The van der Waals surface area contributed by atoms with E-state index in [-0.39, 0.29) is 23.8 Å². The zero-order valence-corrected chi connectivity index (χ0v) is 18.0. The van der Waals surface area contributed by atoms with Gasteiger partial charge in [0.1, 0.15) is 5.75 Å². The lowest BCUT2D eigenvalue weighted by atomic mass is 9.92. The Morgan fingerprint density at radius 3 is 2.30 bits per heavy atom. The Hall–Kier alpha value is -2.82. The first-order valence-corrected chi connectivity index (χ1v) is 11.0. The van der Waals surface area contributed by atoms with Crippen molar-refractivity contribution in [1.82, 2.24) is 10.2 Å². The highest BCUT2D eigenvalue weighted by Gasteiger charge is 2.27. The van der Waals surface area contributed by atoms with E-state index < -0.39 is 0 Å². The highest BCUT2D eigenvalue weighted by Crippen LogP contribution is 2.23. The van der Waals surface area contributed by atoms with Crippen molar-refractivity contribution in [3.05, 3.63) is 65.7 Å². The number of piperidine rings is 1. The van der Waals surface area contributed by atoms with Gasteiger partial charge in [0.15, 0.2) is 0 Å². The molecule has 5 heteroatoms. The molecule has 0 aromatic heterocycles. The fourth-order valence-electron chi connectivity index (χ4n) is 3.99. The van der Waals surface area contributed by atoms with Gasteiger partial charge >= 0.3 is 0 Å². The van der Waals surface area contributed by atoms with Crippen LogP contribution in [-0.4, -0.2) is 42.5 Å². The van der Waals surface area contributed by atoms with Crippen LogP contribution < -0.4 is 10.1 Å². The number of amides is 2. The molecule has 0 unspecified atom stereocenters. The molecule has 160 valence electrons. The molecule has 1 aliphatic rings. The SMILES string of the molecule is CCC[C@@H](C(=O)NC1CCN(C(=O)c2ccc(OCC)cc2)CC1)c1ccccc1. The molecule has 30 heavy (non-hydrogen) atoms. The molecular formula is C25H32N2O3. The van der Waals surface area contributed by atoms with E-state index in [0.717, 1.165) is 37.0 Å². The predicted molar refractivity (Wildman–Crippen MR) is 119 cm³/mol. The van der Waals surface area contributed by atoms with Crippen molar-refractivity contribution in [3.63, 3.8) is 0 Å². The van der Waals surface area contributed by atoms with Crippen LogP contribution in [-0.2, 0) is 4.79 Å². The standard InChI is InChI=1S/C25H32N2O3/c1-3-8-23(19-9-6-5-7-10-19)24(28)26-21-15-17-27(18-16-21)25(29)20-11-13-22(14-12-20)30-4-2/h5-7,9-14,21,23H,3-4,8,15-18H2,1-2H3,(H,26,28)/t23-/m1/s1. The minimum Gasteiger partial charge on any atom is -0.494 e. The average molecular weight is 409 g/mol. The zero-order chi connectivity index (χ0) is 21.3. The lowest BCUT2D eigenvalue weighted by molar-refractivity contribution is -0.123. The molecular weight excluding hydrogens is 376 g/mol. The number of nitrogens with zero attached hydrogens (tertiary/aromatic N) is 1. The van der Waals surface area contributed by atoms with Crippen LogP contribution in [0, 0.1) is 0 Å². The maximum Gasteiger partial charge on any atom is 0.253 e. The Balaban J connectivity index is 1.53. The summed E-state index contributed by atoms with van der Waals surface area (Å²) in [5, 5.41) is 3.23. The molecule has 0 spiro atoms. The van der Waals surface area contributed by atoms with Gasteiger partial charge in [0, 0.05) is 24.7 Å². The molecule has 3 rings (SSSR count). The summed E-state index contributed by atoms with van der Waals surface area (Å²) in [4.78, 5) is 27.6. The largest absolute Gasteiger partial charge is 0.494 e. The second-order valence-corrected chi connectivity index (χ2v) is 7.78. The monoisotopic (exact) mass is 408 g/mol. The molecule has 1 fully saturated rings. The lowest BCUT2D eigenvalue weighted by Gasteiger charge is -2.33. The maximum absolute atomic E-state index is 12.9. The summed E-state index contributed by atoms with van der Waals surface area (Å²) in [6.45, 7) is 5.96. The number of likely N-dealkylation sites (tertiary alicyclic amines) is 1. The molecule has 5 nitrogen and oxygen atoms in total. The number of hydrogen-bond donors (Lipinski definition) is 1. The van der Waals surface area contributed by atoms with Gasteiger partial charge in [0.2, 0.25) is 5.91 Å². The Morgan fingerprint density at radius 1 is 1.03 bits per heavy atom. The van der Waals surface area contributed by atoms with Crippen molar-refractivity contribution in [3.8, 4) is 5.75 Å². The van der Waals surface area contributed by atoms with Crippen LogP contribution in [0.5, 0.6) is 5.75 Å². The number of carbonyl (C=O) groups is 2. The molecule has 1 N–H and O–H groups in total. The molecule has 0 radical (unpaired) electrons. The van der Waals surface area contributed by atoms with Crippen molar-refractivity contribution in [1.29, 1.82) is 0 Å². The van der Waals surface area contributed by atoms with Crippen molar-refractivity contribution >= 4 is 11.8 Å². The molecule has 1 heterocycles. The van der Waals surface area contributed by atoms with E-state index in [2.05, 4.69) is 12.2 Å². The molecule has 1 saturated heterocycles. The van der Waals surface area contributed by atoms with Crippen LogP contribution in [0.1, 0.15) is 61.4 Å². The first-order chi connectivity index (χ1) is 14.6. The third kappa shape index (κ3) is 5.62. The van der Waals surface area contributed by atoms with Gasteiger partial charge in [-0.1, -0.05) is 43.7 Å².